The first-order chi connectivity index (χ1) is 13.5. The van der Waals surface area contributed by atoms with Crippen LogP contribution in [0.5, 0.6) is 0 Å². The van der Waals surface area contributed by atoms with Crippen molar-refractivity contribution in [3.63, 3.8) is 0 Å². The number of alkyl halides is 3. The van der Waals surface area contributed by atoms with Crippen LogP contribution in [0, 0.1) is 6.92 Å². The van der Waals surface area contributed by atoms with Crippen molar-refractivity contribution in [2.45, 2.75) is 32.5 Å². The third kappa shape index (κ3) is 5.83. The first-order valence-corrected chi connectivity index (χ1v) is 8.78. The van der Waals surface area contributed by atoms with E-state index >= 15 is 0 Å². The van der Waals surface area contributed by atoms with Gasteiger partial charge in [-0.1, -0.05) is 0 Å². The van der Waals surface area contributed by atoms with Crippen LogP contribution in [-0.2, 0) is 23.1 Å². The quantitative estimate of drug-likeness (QED) is 0.822. The lowest BCUT2D eigenvalue weighted by Crippen LogP contribution is -2.39. The van der Waals surface area contributed by atoms with Gasteiger partial charge in [-0.2, -0.15) is 18.3 Å². The Hall–Kier alpha value is -2.82. The van der Waals surface area contributed by atoms with E-state index in [0.717, 1.165) is 17.0 Å². The summed E-state index contributed by atoms with van der Waals surface area (Å²) in [7, 11) is 1.90. The van der Waals surface area contributed by atoms with Crippen LogP contribution in [0.25, 0.3) is 0 Å². The maximum absolute atomic E-state index is 12.6. The molecule has 0 aliphatic carbocycles. The number of hydrogen-bond acceptors (Lipinski definition) is 5. The Bertz CT molecular complexity index is 859. The number of carboxylic acids is 1. The number of aryl methyl sites for hydroxylation is 2. The molecule has 0 bridgehead atoms. The highest BCUT2D eigenvalue weighted by Crippen LogP contribution is 2.28. The fraction of sp³-hybridized carbons (Fsp3) is 0.500. The zero-order chi connectivity index (χ0) is 21.8. The van der Waals surface area contributed by atoms with Gasteiger partial charge in [0.15, 0.2) is 5.76 Å². The van der Waals surface area contributed by atoms with E-state index in [-0.39, 0.29) is 11.8 Å². The topological polar surface area (TPSA) is 97.8 Å². The molecular formula is C18H22F3N3O5. The molecule has 3 rings (SSSR count). The fourth-order valence-corrected chi connectivity index (χ4v) is 2.89. The summed E-state index contributed by atoms with van der Waals surface area (Å²) in [6.45, 7) is 6.19. The van der Waals surface area contributed by atoms with Crippen molar-refractivity contribution in [1.29, 1.82) is 0 Å². The van der Waals surface area contributed by atoms with Gasteiger partial charge in [0.25, 0.3) is 5.91 Å². The van der Waals surface area contributed by atoms with E-state index in [9.17, 15) is 18.0 Å². The lowest BCUT2D eigenvalue weighted by atomic mass is 9.97. The summed E-state index contributed by atoms with van der Waals surface area (Å²) in [6.07, 6.45) is -3.11. The van der Waals surface area contributed by atoms with Crippen molar-refractivity contribution >= 4 is 11.9 Å². The summed E-state index contributed by atoms with van der Waals surface area (Å²) >= 11 is 0. The molecular weight excluding hydrogens is 395 g/mol. The highest BCUT2D eigenvalue weighted by Gasteiger charge is 2.38. The lowest BCUT2D eigenvalue weighted by molar-refractivity contribution is -0.192. The number of carbonyl (C=O) groups is 2. The molecule has 2 aromatic rings. The second-order valence-corrected chi connectivity index (χ2v) is 6.47. The summed E-state index contributed by atoms with van der Waals surface area (Å²) in [5.74, 6) is -1.60. The van der Waals surface area contributed by atoms with E-state index < -0.39 is 12.1 Å². The van der Waals surface area contributed by atoms with Gasteiger partial charge in [-0.3, -0.25) is 9.48 Å². The minimum Gasteiger partial charge on any atom is -0.475 e. The number of carbonyl (C=O) groups excluding carboxylic acids is 1. The SMILES string of the molecule is CCOCC1CN(C(=O)c2ccc(C)o2)Cc2cn(C)nc21.O=C(O)C(F)(F)F. The number of carboxylic acid groups (broad SMARTS) is 1. The van der Waals surface area contributed by atoms with E-state index in [2.05, 4.69) is 5.10 Å². The number of aliphatic carboxylic acids is 1. The van der Waals surface area contributed by atoms with Gasteiger partial charge in [0.2, 0.25) is 0 Å². The van der Waals surface area contributed by atoms with Crippen LogP contribution in [0.15, 0.2) is 22.7 Å². The minimum atomic E-state index is -5.08. The van der Waals surface area contributed by atoms with Gasteiger partial charge in [-0.15, -0.1) is 0 Å². The zero-order valence-corrected chi connectivity index (χ0v) is 16.2. The second-order valence-electron chi connectivity index (χ2n) is 6.47. The molecule has 0 spiro atoms. The van der Waals surface area contributed by atoms with Crippen molar-refractivity contribution < 1.29 is 37.0 Å². The Labute approximate surface area is 164 Å². The molecule has 8 nitrogen and oxygen atoms in total. The summed E-state index contributed by atoms with van der Waals surface area (Å²) in [6, 6.07) is 3.54. The average molecular weight is 417 g/mol. The third-order valence-corrected chi connectivity index (χ3v) is 4.13. The molecule has 0 fully saturated rings. The van der Waals surface area contributed by atoms with Crippen LogP contribution >= 0.6 is 0 Å². The summed E-state index contributed by atoms with van der Waals surface area (Å²) in [5.41, 5.74) is 2.12. The maximum atomic E-state index is 12.6. The number of halogens is 3. The van der Waals surface area contributed by atoms with E-state index in [4.69, 9.17) is 19.1 Å². The molecule has 0 saturated carbocycles. The normalized spacial score (nSPS) is 16.1. The van der Waals surface area contributed by atoms with Crippen LogP contribution in [-0.4, -0.2) is 57.6 Å². The summed E-state index contributed by atoms with van der Waals surface area (Å²) < 4.78 is 44.6. The molecule has 1 aliphatic rings. The molecule has 0 aromatic carbocycles. The Morgan fingerprint density at radius 1 is 1.38 bits per heavy atom. The molecule has 2 aromatic heterocycles. The first-order valence-electron chi connectivity index (χ1n) is 8.78. The fourth-order valence-electron chi connectivity index (χ4n) is 2.89. The molecule has 11 heteroatoms. The molecule has 1 amide bonds. The number of amides is 1. The Morgan fingerprint density at radius 3 is 2.55 bits per heavy atom. The number of ether oxygens (including phenoxy) is 1. The number of nitrogens with zero attached hydrogens (tertiary/aromatic N) is 3. The van der Waals surface area contributed by atoms with Crippen LogP contribution < -0.4 is 0 Å². The molecule has 0 saturated heterocycles. The van der Waals surface area contributed by atoms with E-state index in [1.807, 2.05) is 38.1 Å². The minimum absolute atomic E-state index is 0.0795. The van der Waals surface area contributed by atoms with Crippen molar-refractivity contribution in [1.82, 2.24) is 14.7 Å². The second kappa shape index (κ2) is 9.12. The van der Waals surface area contributed by atoms with Gasteiger partial charge in [-0.25, -0.2) is 4.79 Å². The number of furan rings is 1. The molecule has 1 N–H and O–H groups in total. The first kappa shape index (κ1) is 22.5. The van der Waals surface area contributed by atoms with Gasteiger partial charge >= 0.3 is 12.1 Å². The smallest absolute Gasteiger partial charge is 0.475 e. The monoisotopic (exact) mass is 417 g/mol. The third-order valence-electron chi connectivity index (χ3n) is 4.13. The van der Waals surface area contributed by atoms with Crippen LogP contribution in [0.2, 0.25) is 0 Å². The van der Waals surface area contributed by atoms with E-state index in [0.29, 0.717) is 32.1 Å². The highest BCUT2D eigenvalue weighted by molar-refractivity contribution is 5.91. The van der Waals surface area contributed by atoms with Crippen molar-refractivity contribution in [2.24, 2.45) is 7.05 Å². The zero-order valence-electron chi connectivity index (χ0n) is 16.2. The molecule has 1 atom stereocenters. The number of aromatic nitrogens is 2. The van der Waals surface area contributed by atoms with Crippen molar-refractivity contribution in [3.8, 4) is 0 Å². The average Bonchev–Trinajstić information content (AvgIpc) is 3.23. The largest absolute Gasteiger partial charge is 0.490 e. The molecule has 0 radical (unpaired) electrons. The van der Waals surface area contributed by atoms with Crippen LogP contribution in [0.4, 0.5) is 13.2 Å². The maximum Gasteiger partial charge on any atom is 0.490 e. The van der Waals surface area contributed by atoms with Gasteiger partial charge in [0.1, 0.15) is 5.76 Å². The van der Waals surface area contributed by atoms with Gasteiger partial charge < -0.3 is 19.2 Å². The standard InChI is InChI=1S/C16H21N3O3.C2HF3O2/c1-4-21-10-13-9-19(8-12-7-18(3)17-15(12)13)16(20)14-6-5-11(2)22-14;3-2(4,5)1(6)7/h5-7,13H,4,8-10H2,1-3H3;(H,6,7). The molecule has 160 valence electrons. The van der Waals surface area contributed by atoms with Gasteiger partial charge in [-0.05, 0) is 26.0 Å². The number of rotatable bonds is 4. The molecule has 1 unspecified atom stereocenters. The predicted molar refractivity (Wildman–Crippen MR) is 94.3 cm³/mol. The molecule has 1 aliphatic heterocycles. The van der Waals surface area contributed by atoms with Gasteiger partial charge in [0.05, 0.1) is 12.3 Å². The van der Waals surface area contributed by atoms with E-state index in [1.165, 1.54) is 0 Å². The lowest BCUT2D eigenvalue weighted by Gasteiger charge is -2.31. The molecule has 3 heterocycles. The van der Waals surface area contributed by atoms with Crippen LogP contribution in [0.1, 0.15) is 40.4 Å². The summed E-state index contributed by atoms with van der Waals surface area (Å²) in [4.78, 5) is 23.3. The highest BCUT2D eigenvalue weighted by atomic mass is 19.4. The Kier molecular flexibility index (Phi) is 7.07. The van der Waals surface area contributed by atoms with E-state index in [1.54, 1.807) is 10.7 Å². The predicted octanol–water partition coefficient (Wildman–Crippen LogP) is 2.73. The van der Waals surface area contributed by atoms with Crippen molar-refractivity contribution in [3.05, 3.63) is 41.1 Å². The Balaban J connectivity index is 0.000000370. The number of fused-ring (bicyclic) bond motifs is 1. The van der Waals surface area contributed by atoms with Crippen molar-refractivity contribution in [2.75, 3.05) is 19.8 Å². The van der Waals surface area contributed by atoms with Crippen LogP contribution in [0.3, 0.4) is 0 Å². The number of hydrogen-bond donors (Lipinski definition) is 1. The summed E-state index contributed by atoms with van der Waals surface area (Å²) in [5, 5.41) is 11.7. The Morgan fingerprint density at radius 2 is 2.03 bits per heavy atom. The van der Waals surface area contributed by atoms with Gasteiger partial charge in [0, 0.05) is 44.4 Å². The molecule has 29 heavy (non-hydrogen) atoms.